The summed E-state index contributed by atoms with van der Waals surface area (Å²) < 4.78 is 8.73. The van der Waals surface area contributed by atoms with Crippen molar-refractivity contribution in [3.05, 3.63) is 23.0 Å². The average Bonchev–Trinajstić information content (AvgIpc) is 3.04. The Morgan fingerprint density at radius 3 is 2.96 bits per heavy atom. The predicted molar refractivity (Wildman–Crippen MR) is 105 cm³/mol. The monoisotopic (exact) mass is 392 g/mol. The lowest BCUT2D eigenvalue weighted by Gasteiger charge is -2.08. The van der Waals surface area contributed by atoms with Crippen LogP contribution in [0.4, 0.5) is 5.13 Å². The van der Waals surface area contributed by atoms with Crippen LogP contribution in [0.1, 0.15) is 53.5 Å². The molecule has 2 aromatic rings. The minimum atomic E-state index is 0.166. The van der Waals surface area contributed by atoms with Crippen molar-refractivity contribution in [3.8, 4) is 0 Å². The van der Waals surface area contributed by atoms with Crippen LogP contribution in [0, 0.1) is 13.8 Å². The Kier molecular flexibility index (Phi) is 5.33. The Hall–Kier alpha value is -1.38. The molecule has 8 heteroatoms. The van der Waals surface area contributed by atoms with Crippen LogP contribution < -0.4 is 5.32 Å². The van der Waals surface area contributed by atoms with Crippen LogP contribution in [0.3, 0.4) is 0 Å². The number of anilines is 1. The smallest absolute Gasteiger partial charge is 0.206 e. The van der Waals surface area contributed by atoms with Gasteiger partial charge in [-0.15, -0.1) is 10.2 Å². The topological polar surface area (TPSA) is 69.0 Å². The van der Waals surface area contributed by atoms with E-state index in [1.165, 1.54) is 41.6 Å². The third kappa shape index (κ3) is 3.97. The van der Waals surface area contributed by atoms with Gasteiger partial charge >= 0.3 is 0 Å². The number of ketones is 1. The van der Waals surface area contributed by atoms with Gasteiger partial charge in [0.15, 0.2) is 10.1 Å². The summed E-state index contributed by atoms with van der Waals surface area (Å²) in [5.41, 5.74) is 3.14. The molecule has 26 heavy (non-hydrogen) atoms. The highest BCUT2D eigenvalue weighted by Crippen LogP contribution is 2.38. The fraction of sp³-hybridized carbons (Fsp3) is 0.611. The highest BCUT2D eigenvalue weighted by Gasteiger charge is 2.28. The molecule has 3 heterocycles. The summed E-state index contributed by atoms with van der Waals surface area (Å²) in [7, 11) is 0. The molecule has 1 N–H and O–H groups in total. The quantitative estimate of drug-likeness (QED) is 0.543. The molecular weight excluding hydrogens is 368 g/mol. The van der Waals surface area contributed by atoms with E-state index >= 15 is 0 Å². The summed E-state index contributed by atoms with van der Waals surface area (Å²) in [5.74, 6) is 0.564. The fourth-order valence-electron chi connectivity index (χ4n) is 3.51. The van der Waals surface area contributed by atoms with E-state index < -0.39 is 0 Å². The molecule has 4 rings (SSSR count). The van der Waals surface area contributed by atoms with Gasteiger partial charge in [0.05, 0.1) is 11.9 Å². The minimum Gasteiger partial charge on any atom is -0.376 e. The maximum atomic E-state index is 12.6. The molecule has 1 aliphatic carbocycles. The third-order valence-corrected chi connectivity index (χ3v) is 6.95. The number of thioether (sulfide) groups is 1. The maximum absolute atomic E-state index is 12.6. The van der Waals surface area contributed by atoms with Gasteiger partial charge in [0.2, 0.25) is 5.13 Å². The molecule has 2 aliphatic rings. The lowest BCUT2D eigenvalue weighted by atomic mass is 10.2. The third-order valence-electron chi connectivity index (χ3n) is 4.93. The number of rotatable bonds is 8. The van der Waals surface area contributed by atoms with E-state index in [1.807, 2.05) is 6.07 Å². The van der Waals surface area contributed by atoms with Gasteiger partial charge in [0.25, 0.3) is 0 Å². The van der Waals surface area contributed by atoms with E-state index in [-0.39, 0.29) is 11.9 Å². The summed E-state index contributed by atoms with van der Waals surface area (Å²) in [6.07, 6.45) is 4.96. The molecule has 0 spiro atoms. The Morgan fingerprint density at radius 1 is 1.38 bits per heavy atom. The van der Waals surface area contributed by atoms with Gasteiger partial charge in [-0.05, 0) is 45.6 Å². The normalized spacial score (nSPS) is 19.8. The molecule has 2 aromatic heterocycles. The van der Waals surface area contributed by atoms with Crippen molar-refractivity contribution in [2.24, 2.45) is 0 Å². The summed E-state index contributed by atoms with van der Waals surface area (Å²) in [6, 6.07) is 2.63. The second kappa shape index (κ2) is 7.70. The first-order valence-corrected chi connectivity index (χ1v) is 11.0. The van der Waals surface area contributed by atoms with Crippen LogP contribution in [0.2, 0.25) is 0 Å². The van der Waals surface area contributed by atoms with Crippen molar-refractivity contribution in [2.75, 3.05) is 24.2 Å². The second-order valence-electron chi connectivity index (χ2n) is 6.99. The maximum Gasteiger partial charge on any atom is 0.206 e. The van der Waals surface area contributed by atoms with Crippen molar-refractivity contribution >= 4 is 34.0 Å². The van der Waals surface area contributed by atoms with Crippen LogP contribution in [-0.2, 0) is 4.74 Å². The van der Waals surface area contributed by atoms with Crippen LogP contribution >= 0.6 is 23.1 Å². The number of Topliss-reactive ketones (excluding diaryl/α,β-unsaturated/α-hetero) is 1. The molecule has 0 radical (unpaired) electrons. The van der Waals surface area contributed by atoms with Crippen molar-refractivity contribution in [1.82, 2.24) is 14.8 Å². The van der Waals surface area contributed by atoms with E-state index in [9.17, 15) is 4.79 Å². The van der Waals surface area contributed by atoms with Gasteiger partial charge in [-0.3, -0.25) is 4.79 Å². The van der Waals surface area contributed by atoms with Crippen LogP contribution in [0.25, 0.3) is 0 Å². The van der Waals surface area contributed by atoms with Crippen molar-refractivity contribution in [2.45, 2.75) is 56.0 Å². The lowest BCUT2D eigenvalue weighted by Crippen LogP contribution is -2.18. The molecule has 0 amide bonds. The van der Waals surface area contributed by atoms with E-state index in [2.05, 4.69) is 33.9 Å². The van der Waals surface area contributed by atoms with E-state index in [4.69, 9.17) is 4.74 Å². The largest absolute Gasteiger partial charge is 0.376 e. The fourth-order valence-corrected chi connectivity index (χ4v) is 5.15. The lowest BCUT2D eigenvalue weighted by molar-refractivity contribution is 0.102. The zero-order valence-electron chi connectivity index (χ0n) is 15.2. The van der Waals surface area contributed by atoms with E-state index in [0.29, 0.717) is 11.8 Å². The molecule has 1 saturated carbocycles. The number of hydrogen-bond acceptors (Lipinski definition) is 7. The minimum absolute atomic E-state index is 0.166. The molecule has 0 bridgehead atoms. The number of aryl methyl sites for hydroxylation is 1. The molecule has 1 aliphatic heterocycles. The molecule has 6 nitrogen and oxygen atoms in total. The van der Waals surface area contributed by atoms with Crippen LogP contribution in [0.15, 0.2) is 10.4 Å². The summed E-state index contributed by atoms with van der Waals surface area (Å²) in [6.45, 7) is 5.77. The Balaban J connectivity index is 1.31. The van der Waals surface area contributed by atoms with Gasteiger partial charge < -0.3 is 14.6 Å². The molecular formula is C18H24N4O2S2. The molecule has 1 saturated heterocycles. The van der Waals surface area contributed by atoms with Gasteiger partial charge in [0, 0.05) is 36.1 Å². The average molecular weight is 393 g/mol. The van der Waals surface area contributed by atoms with E-state index in [1.54, 1.807) is 0 Å². The molecule has 0 aromatic carbocycles. The summed E-state index contributed by atoms with van der Waals surface area (Å²) in [5, 5.41) is 12.4. The highest BCUT2D eigenvalue weighted by atomic mass is 32.2. The second-order valence-corrected chi connectivity index (χ2v) is 9.19. The number of aromatic nitrogens is 3. The van der Waals surface area contributed by atoms with E-state index in [0.717, 1.165) is 46.7 Å². The number of ether oxygens (including phenoxy) is 1. The molecule has 1 atom stereocenters. The van der Waals surface area contributed by atoms with Crippen molar-refractivity contribution < 1.29 is 9.53 Å². The molecule has 2 fully saturated rings. The van der Waals surface area contributed by atoms with Gasteiger partial charge in [-0.1, -0.05) is 23.1 Å². The first-order valence-electron chi connectivity index (χ1n) is 9.15. The Labute approximate surface area is 161 Å². The number of carbonyl (C=O) groups is 1. The summed E-state index contributed by atoms with van der Waals surface area (Å²) in [4.78, 5) is 12.6. The van der Waals surface area contributed by atoms with Crippen LogP contribution in [-0.4, -0.2) is 45.6 Å². The van der Waals surface area contributed by atoms with Crippen molar-refractivity contribution in [3.63, 3.8) is 0 Å². The first kappa shape index (κ1) is 18.0. The van der Waals surface area contributed by atoms with Crippen LogP contribution in [0.5, 0.6) is 0 Å². The summed E-state index contributed by atoms with van der Waals surface area (Å²) >= 11 is 2.96. The first-order chi connectivity index (χ1) is 12.6. The standard InChI is InChI=1S/C18H24N4O2S2/c1-11-8-15(12(2)22(11)13-5-6-13)16(23)10-25-18-21-20-17(26-18)19-9-14-4-3-7-24-14/h8,13-14H,3-7,9-10H2,1-2H3,(H,19,20). The number of carbonyl (C=O) groups excluding carboxylic acids is 1. The number of hydrogen-bond donors (Lipinski definition) is 1. The van der Waals surface area contributed by atoms with Gasteiger partial charge in [-0.2, -0.15) is 0 Å². The molecule has 140 valence electrons. The Bertz CT molecular complexity index is 791. The zero-order valence-corrected chi connectivity index (χ0v) is 16.8. The van der Waals surface area contributed by atoms with Gasteiger partial charge in [-0.25, -0.2) is 0 Å². The number of nitrogens with one attached hydrogen (secondary N) is 1. The Morgan fingerprint density at radius 2 is 2.23 bits per heavy atom. The predicted octanol–water partition coefficient (Wildman–Crippen LogP) is 3.86. The number of nitrogens with zero attached hydrogens (tertiary/aromatic N) is 3. The SMILES string of the molecule is Cc1cc(C(=O)CSc2nnc(NCC3CCCO3)s2)c(C)n1C1CC1. The highest BCUT2D eigenvalue weighted by molar-refractivity contribution is 8.01. The van der Waals surface area contributed by atoms with Crippen molar-refractivity contribution in [1.29, 1.82) is 0 Å². The van der Waals surface area contributed by atoms with Gasteiger partial charge in [0.1, 0.15) is 0 Å². The zero-order chi connectivity index (χ0) is 18.1. The molecule has 1 unspecified atom stereocenters.